The summed E-state index contributed by atoms with van der Waals surface area (Å²) in [4.78, 5) is 4.57. The Labute approximate surface area is 159 Å². The molecule has 0 spiro atoms. The monoisotopic (exact) mass is 361 g/mol. The molecule has 27 heavy (non-hydrogen) atoms. The van der Waals surface area contributed by atoms with Crippen LogP contribution in [-0.2, 0) is 12.8 Å². The normalized spacial score (nSPS) is 10.8. The van der Waals surface area contributed by atoms with E-state index >= 15 is 0 Å². The molecule has 5 nitrogen and oxygen atoms in total. The molecular formula is C22H23N3O2. The summed E-state index contributed by atoms with van der Waals surface area (Å²) in [6, 6.07) is 13.7. The van der Waals surface area contributed by atoms with Gasteiger partial charge < -0.3 is 9.26 Å². The molecule has 0 aliphatic rings. The predicted octanol–water partition coefficient (Wildman–Crippen LogP) is 5.19. The van der Waals surface area contributed by atoms with Crippen LogP contribution in [0, 0.1) is 11.3 Å². The fourth-order valence-corrected chi connectivity index (χ4v) is 3.15. The van der Waals surface area contributed by atoms with Crippen molar-refractivity contribution in [2.24, 2.45) is 0 Å². The fourth-order valence-electron chi connectivity index (χ4n) is 3.15. The van der Waals surface area contributed by atoms with Gasteiger partial charge in [0.1, 0.15) is 11.8 Å². The van der Waals surface area contributed by atoms with Gasteiger partial charge in [-0.05, 0) is 56.0 Å². The summed E-state index contributed by atoms with van der Waals surface area (Å²) >= 11 is 0. The molecule has 0 radical (unpaired) electrons. The topological polar surface area (TPSA) is 71.9 Å². The van der Waals surface area contributed by atoms with Crippen molar-refractivity contribution in [1.82, 2.24) is 10.1 Å². The van der Waals surface area contributed by atoms with Crippen LogP contribution in [0.5, 0.6) is 5.75 Å². The highest BCUT2D eigenvalue weighted by Crippen LogP contribution is 2.30. The van der Waals surface area contributed by atoms with E-state index in [1.807, 2.05) is 32.0 Å². The highest BCUT2D eigenvalue weighted by molar-refractivity contribution is 5.66. The third-order valence-electron chi connectivity index (χ3n) is 4.38. The van der Waals surface area contributed by atoms with Crippen molar-refractivity contribution in [1.29, 1.82) is 5.26 Å². The van der Waals surface area contributed by atoms with Gasteiger partial charge >= 0.3 is 0 Å². The van der Waals surface area contributed by atoms with Crippen LogP contribution < -0.4 is 4.74 Å². The smallest absolute Gasteiger partial charge is 0.258 e. The van der Waals surface area contributed by atoms with Gasteiger partial charge in [-0.2, -0.15) is 10.2 Å². The molecule has 5 heteroatoms. The van der Waals surface area contributed by atoms with E-state index < -0.39 is 0 Å². The lowest BCUT2D eigenvalue weighted by molar-refractivity contribution is 0.242. The Morgan fingerprint density at radius 3 is 2.63 bits per heavy atom. The van der Waals surface area contributed by atoms with Crippen LogP contribution in [0.25, 0.3) is 22.8 Å². The molecule has 2 aromatic carbocycles. The maximum absolute atomic E-state index is 9.42. The van der Waals surface area contributed by atoms with Crippen molar-refractivity contribution in [2.45, 2.75) is 46.6 Å². The standard InChI is InChI=1S/C22H23N3O2/c1-5-15-8-7-9-19(18(15)6-2)21-24-22(27-25-21)16-10-11-20(26-14(3)4)17(12-16)13-23/h7-12,14H,5-6H2,1-4H3. The average Bonchev–Trinajstić information content (AvgIpc) is 3.17. The maximum atomic E-state index is 9.42. The minimum atomic E-state index is -0.00346. The molecule has 3 aromatic rings. The second-order valence-electron chi connectivity index (χ2n) is 6.56. The SMILES string of the molecule is CCc1cccc(-c2noc(-c3ccc(OC(C)C)c(C#N)c3)n2)c1CC. The third kappa shape index (κ3) is 3.85. The Hall–Kier alpha value is -3.13. The van der Waals surface area contributed by atoms with Crippen molar-refractivity contribution in [3.8, 4) is 34.7 Å². The number of aromatic nitrogens is 2. The second kappa shape index (κ2) is 8.05. The summed E-state index contributed by atoms with van der Waals surface area (Å²) < 4.78 is 11.2. The third-order valence-corrected chi connectivity index (χ3v) is 4.38. The number of nitrogens with zero attached hydrogens (tertiary/aromatic N) is 3. The van der Waals surface area contributed by atoms with Crippen molar-refractivity contribution in [3.63, 3.8) is 0 Å². The average molecular weight is 361 g/mol. The second-order valence-corrected chi connectivity index (χ2v) is 6.56. The van der Waals surface area contributed by atoms with Crippen molar-refractivity contribution in [3.05, 3.63) is 53.1 Å². The van der Waals surface area contributed by atoms with E-state index in [2.05, 4.69) is 36.1 Å². The van der Waals surface area contributed by atoms with E-state index in [1.165, 1.54) is 11.1 Å². The van der Waals surface area contributed by atoms with Crippen molar-refractivity contribution < 1.29 is 9.26 Å². The molecule has 0 bridgehead atoms. The Kier molecular flexibility index (Phi) is 5.56. The van der Waals surface area contributed by atoms with Crippen molar-refractivity contribution >= 4 is 0 Å². The fraction of sp³-hybridized carbons (Fsp3) is 0.318. The molecule has 0 saturated heterocycles. The van der Waals surface area contributed by atoms with Crippen LogP contribution in [-0.4, -0.2) is 16.2 Å². The molecule has 0 unspecified atom stereocenters. The number of rotatable bonds is 6. The molecule has 1 heterocycles. The summed E-state index contributed by atoms with van der Waals surface area (Å²) in [6.07, 6.45) is 1.87. The quantitative estimate of drug-likeness (QED) is 0.604. The Morgan fingerprint density at radius 1 is 1.15 bits per heavy atom. The highest BCUT2D eigenvalue weighted by atomic mass is 16.5. The van der Waals surface area contributed by atoms with Gasteiger partial charge in [-0.15, -0.1) is 0 Å². The zero-order valence-electron chi connectivity index (χ0n) is 16.1. The number of aryl methyl sites for hydroxylation is 1. The molecule has 0 saturated carbocycles. The van der Waals surface area contributed by atoms with Gasteiger partial charge in [-0.3, -0.25) is 0 Å². The first-order chi connectivity index (χ1) is 13.1. The van der Waals surface area contributed by atoms with Crippen LogP contribution in [0.3, 0.4) is 0 Å². The van der Waals surface area contributed by atoms with E-state index in [4.69, 9.17) is 9.26 Å². The minimum absolute atomic E-state index is 0.00346. The van der Waals surface area contributed by atoms with Gasteiger partial charge in [0.2, 0.25) is 5.82 Å². The van der Waals surface area contributed by atoms with E-state index in [9.17, 15) is 5.26 Å². The summed E-state index contributed by atoms with van der Waals surface area (Å²) in [6.45, 7) is 8.12. The summed E-state index contributed by atoms with van der Waals surface area (Å²) in [5.41, 5.74) is 4.68. The van der Waals surface area contributed by atoms with E-state index in [0.717, 1.165) is 18.4 Å². The molecule has 1 aromatic heterocycles. The minimum Gasteiger partial charge on any atom is -0.490 e. The van der Waals surface area contributed by atoms with Crippen LogP contribution in [0.4, 0.5) is 0 Å². The lowest BCUT2D eigenvalue weighted by atomic mass is 9.97. The van der Waals surface area contributed by atoms with Crippen LogP contribution in [0.2, 0.25) is 0 Å². The van der Waals surface area contributed by atoms with Crippen LogP contribution in [0.15, 0.2) is 40.9 Å². The predicted molar refractivity (Wildman–Crippen MR) is 104 cm³/mol. The molecule has 138 valence electrons. The molecule has 0 atom stereocenters. The summed E-state index contributed by atoms with van der Waals surface area (Å²) in [5.74, 6) is 1.51. The van der Waals surface area contributed by atoms with Gasteiger partial charge in [-0.25, -0.2) is 0 Å². The van der Waals surface area contributed by atoms with Crippen molar-refractivity contribution in [2.75, 3.05) is 0 Å². The van der Waals surface area contributed by atoms with E-state index in [-0.39, 0.29) is 6.10 Å². The lowest BCUT2D eigenvalue weighted by Gasteiger charge is -2.11. The van der Waals surface area contributed by atoms with E-state index in [0.29, 0.717) is 28.6 Å². The van der Waals surface area contributed by atoms with E-state index in [1.54, 1.807) is 12.1 Å². The number of hydrogen-bond donors (Lipinski definition) is 0. The molecule has 0 aliphatic carbocycles. The largest absolute Gasteiger partial charge is 0.490 e. The first-order valence-corrected chi connectivity index (χ1v) is 9.23. The van der Waals surface area contributed by atoms with Gasteiger partial charge in [0.05, 0.1) is 11.7 Å². The summed E-state index contributed by atoms with van der Waals surface area (Å²) in [5, 5.41) is 13.6. The molecule has 3 rings (SSSR count). The molecular weight excluding hydrogens is 338 g/mol. The van der Waals surface area contributed by atoms with Gasteiger partial charge in [0, 0.05) is 11.1 Å². The number of benzene rings is 2. The van der Waals surface area contributed by atoms with Gasteiger partial charge in [0.15, 0.2) is 0 Å². The van der Waals surface area contributed by atoms with Crippen LogP contribution >= 0.6 is 0 Å². The number of nitriles is 1. The molecule has 0 amide bonds. The first kappa shape index (κ1) is 18.7. The molecule has 0 aliphatic heterocycles. The zero-order chi connectivity index (χ0) is 19.4. The van der Waals surface area contributed by atoms with Gasteiger partial charge in [0.25, 0.3) is 5.89 Å². The summed E-state index contributed by atoms with van der Waals surface area (Å²) in [7, 11) is 0. The van der Waals surface area contributed by atoms with Gasteiger partial charge in [-0.1, -0.05) is 37.2 Å². The number of hydrogen-bond acceptors (Lipinski definition) is 5. The number of ether oxygens (including phenoxy) is 1. The Balaban J connectivity index is 1.99. The Bertz CT molecular complexity index is 983. The van der Waals surface area contributed by atoms with Crippen LogP contribution in [0.1, 0.15) is 44.4 Å². The zero-order valence-corrected chi connectivity index (χ0v) is 16.1. The molecule has 0 fully saturated rings. The Morgan fingerprint density at radius 2 is 1.96 bits per heavy atom. The molecule has 0 N–H and O–H groups in total. The highest BCUT2D eigenvalue weighted by Gasteiger charge is 2.16. The maximum Gasteiger partial charge on any atom is 0.258 e. The lowest BCUT2D eigenvalue weighted by Crippen LogP contribution is -2.06. The first-order valence-electron chi connectivity index (χ1n) is 9.23.